The van der Waals surface area contributed by atoms with Gasteiger partial charge in [0.15, 0.2) is 0 Å². The number of nitrogens with zero attached hydrogens (tertiary/aromatic N) is 2. The summed E-state index contributed by atoms with van der Waals surface area (Å²) >= 11 is 0. The molecule has 108 valence electrons. The van der Waals surface area contributed by atoms with E-state index >= 15 is 0 Å². The van der Waals surface area contributed by atoms with Crippen LogP contribution in [0.4, 0.5) is 0 Å². The molecular weight excluding hydrogens is 231 g/mol. The normalized spacial score (nSPS) is 34.7. The van der Waals surface area contributed by atoms with Gasteiger partial charge in [0.1, 0.15) is 7.85 Å². The first kappa shape index (κ1) is 14.9. The van der Waals surface area contributed by atoms with E-state index in [1.807, 2.05) is 0 Å². The molecule has 0 N–H and O–H groups in total. The molecule has 1 aliphatic carbocycles. The van der Waals surface area contributed by atoms with Crippen molar-refractivity contribution in [1.82, 2.24) is 4.90 Å². The molecular formula is C16H31BN2. The Bertz CT molecular complexity index is 325. The second-order valence-electron chi connectivity index (χ2n) is 7.17. The summed E-state index contributed by atoms with van der Waals surface area (Å²) in [6, 6.07) is 1.77. The summed E-state index contributed by atoms with van der Waals surface area (Å²) < 4.78 is 0. The highest BCUT2D eigenvalue weighted by molar-refractivity contribution is 6.12. The summed E-state index contributed by atoms with van der Waals surface area (Å²) in [6.45, 7) is 9.09. The lowest BCUT2D eigenvalue weighted by molar-refractivity contribution is 0.149. The fraction of sp³-hybridized carbons (Fsp3) is 0.938. The fourth-order valence-corrected chi connectivity index (χ4v) is 4.18. The van der Waals surface area contributed by atoms with Gasteiger partial charge in [-0.3, -0.25) is 4.99 Å². The molecule has 3 heteroatoms. The largest absolute Gasteiger partial charge is 0.355 e. The second-order valence-corrected chi connectivity index (χ2v) is 7.17. The Morgan fingerprint density at radius 3 is 2.42 bits per heavy atom. The van der Waals surface area contributed by atoms with Crippen LogP contribution in [-0.4, -0.2) is 36.7 Å². The number of fused-ring (bicyclic) bond motifs is 1. The first-order valence-corrected chi connectivity index (χ1v) is 8.35. The molecule has 3 atom stereocenters. The van der Waals surface area contributed by atoms with Gasteiger partial charge in [0.2, 0.25) is 0 Å². The molecule has 1 saturated carbocycles. The average molecular weight is 262 g/mol. The average Bonchev–Trinajstić information content (AvgIpc) is 2.50. The summed E-state index contributed by atoms with van der Waals surface area (Å²) in [5.41, 5.74) is 0. The third kappa shape index (κ3) is 3.35. The zero-order chi connectivity index (χ0) is 14.0. The Morgan fingerprint density at radius 2 is 1.79 bits per heavy atom. The van der Waals surface area contributed by atoms with Crippen molar-refractivity contribution >= 4 is 13.7 Å². The summed E-state index contributed by atoms with van der Waals surface area (Å²) in [4.78, 5) is 7.60. The molecule has 1 heterocycles. The van der Waals surface area contributed by atoms with Crippen molar-refractivity contribution in [2.45, 2.75) is 90.2 Å². The Kier molecular flexibility index (Phi) is 4.97. The van der Waals surface area contributed by atoms with Crippen molar-refractivity contribution in [1.29, 1.82) is 0 Å². The molecule has 0 radical (unpaired) electrons. The monoisotopic (exact) mass is 262 g/mol. The van der Waals surface area contributed by atoms with Crippen molar-refractivity contribution in [3.05, 3.63) is 0 Å². The predicted octanol–water partition coefficient (Wildman–Crippen LogP) is 3.28. The minimum absolute atomic E-state index is 0.427. The van der Waals surface area contributed by atoms with Crippen LogP contribution in [0, 0.1) is 5.92 Å². The molecule has 0 bridgehead atoms. The van der Waals surface area contributed by atoms with Crippen LogP contribution < -0.4 is 0 Å². The minimum Gasteiger partial charge on any atom is -0.355 e. The minimum atomic E-state index is 0.427. The van der Waals surface area contributed by atoms with Crippen LogP contribution in [0.5, 0.6) is 0 Å². The highest BCUT2D eigenvalue weighted by atomic mass is 15.2. The van der Waals surface area contributed by atoms with Gasteiger partial charge < -0.3 is 4.90 Å². The molecule has 2 nitrogen and oxygen atoms in total. The van der Waals surface area contributed by atoms with Crippen LogP contribution in [0.3, 0.4) is 0 Å². The lowest BCUT2D eigenvalue weighted by Crippen LogP contribution is -2.52. The lowest BCUT2D eigenvalue weighted by atomic mass is 9.68. The van der Waals surface area contributed by atoms with Crippen molar-refractivity contribution in [3.63, 3.8) is 0 Å². The molecule has 2 fully saturated rings. The standard InChI is InChI=1S/C16H31BN2/c1-11(2)18-16-10-9-13-14(17)7-5-6-8-15(13)19(16)12(3)4/h11-15H,5-10,17H2,1-4H3/b18-16-. The number of rotatable bonds is 2. The van der Waals surface area contributed by atoms with Gasteiger partial charge in [0, 0.05) is 24.5 Å². The van der Waals surface area contributed by atoms with Crippen LogP contribution in [0.15, 0.2) is 4.99 Å². The molecule has 0 aromatic heterocycles. The topological polar surface area (TPSA) is 15.6 Å². The number of amidine groups is 1. The van der Waals surface area contributed by atoms with Gasteiger partial charge in [-0.1, -0.05) is 25.1 Å². The SMILES string of the molecule is BC1CCCCC2C1CC/C(=N/C(C)C)N2C(C)C. The van der Waals surface area contributed by atoms with Crippen molar-refractivity contribution in [2.24, 2.45) is 10.9 Å². The van der Waals surface area contributed by atoms with Gasteiger partial charge in [0.05, 0.1) is 5.84 Å². The molecule has 0 aromatic rings. The third-order valence-electron chi connectivity index (χ3n) is 4.95. The quantitative estimate of drug-likeness (QED) is 0.697. The van der Waals surface area contributed by atoms with Crippen molar-refractivity contribution in [2.75, 3.05) is 0 Å². The Labute approximate surface area is 120 Å². The van der Waals surface area contributed by atoms with Crippen LogP contribution >= 0.6 is 0 Å². The smallest absolute Gasteiger partial charge is 0.105 e. The lowest BCUT2D eigenvalue weighted by Gasteiger charge is -2.47. The zero-order valence-corrected chi connectivity index (χ0v) is 13.5. The summed E-state index contributed by atoms with van der Waals surface area (Å²) in [5, 5.41) is 0. The van der Waals surface area contributed by atoms with Crippen molar-refractivity contribution < 1.29 is 0 Å². The molecule has 0 spiro atoms. The molecule has 0 aromatic carbocycles. The van der Waals surface area contributed by atoms with E-state index in [9.17, 15) is 0 Å². The Hall–Kier alpha value is -0.465. The summed E-state index contributed by atoms with van der Waals surface area (Å²) in [5.74, 6) is 3.19. The number of aliphatic imine (C=N–C) groups is 1. The second kappa shape index (κ2) is 6.32. The summed E-state index contributed by atoms with van der Waals surface area (Å²) in [6.07, 6.45) is 8.21. The number of likely N-dealkylation sites (tertiary alicyclic amines) is 1. The first-order valence-electron chi connectivity index (χ1n) is 8.35. The maximum absolute atomic E-state index is 4.93. The van der Waals surface area contributed by atoms with E-state index in [0.717, 1.165) is 17.8 Å². The first-order chi connectivity index (χ1) is 9.00. The molecule has 2 aliphatic rings. The van der Waals surface area contributed by atoms with Crippen LogP contribution in [0.1, 0.15) is 66.2 Å². The van der Waals surface area contributed by atoms with Crippen LogP contribution in [0.25, 0.3) is 0 Å². The van der Waals surface area contributed by atoms with E-state index < -0.39 is 0 Å². The molecule has 1 aliphatic heterocycles. The Balaban J connectivity index is 2.26. The number of hydrogen-bond acceptors (Lipinski definition) is 1. The van der Waals surface area contributed by atoms with Gasteiger partial charge in [-0.15, -0.1) is 0 Å². The van der Waals surface area contributed by atoms with E-state index in [1.165, 1.54) is 44.4 Å². The molecule has 0 amide bonds. The van der Waals surface area contributed by atoms with E-state index in [1.54, 1.807) is 0 Å². The predicted molar refractivity (Wildman–Crippen MR) is 86.8 cm³/mol. The van der Waals surface area contributed by atoms with E-state index in [2.05, 4.69) is 40.4 Å². The highest BCUT2D eigenvalue weighted by Gasteiger charge is 2.38. The summed E-state index contributed by atoms with van der Waals surface area (Å²) in [7, 11) is 2.48. The molecule has 1 saturated heterocycles. The van der Waals surface area contributed by atoms with Gasteiger partial charge in [-0.2, -0.15) is 0 Å². The van der Waals surface area contributed by atoms with Gasteiger partial charge >= 0.3 is 0 Å². The number of piperidine rings is 1. The van der Waals surface area contributed by atoms with E-state index in [4.69, 9.17) is 4.99 Å². The zero-order valence-electron chi connectivity index (χ0n) is 13.5. The number of hydrogen-bond donors (Lipinski definition) is 0. The van der Waals surface area contributed by atoms with Crippen molar-refractivity contribution in [3.8, 4) is 0 Å². The van der Waals surface area contributed by atoms with E-state index in [-0.39, 0.29) is 0 Å². The fourth-order valence-electron chi connectivity index (χ4n) is 4.18. The molecule has 3 unspecified atom stereocenters. The van der Waals surface area contributed by atoms with E-state index in [0.29, 0.717) is 12.1 Å². The van der Waals surface area contributed by atoms with Crippen LogP contribution in [-0.2, 0) is 0 Å². The van der Waals surface area contributed by atoms with Gasteiger partial charge in [-0.25, -0.2) is 0 Å². The van der Waals surface area contributed by atoms with Gasteiger partial charge in [-0.05, 0) is 46.5 Å². The molecule has 19 heavy (non-hydrogen) atoms. The van der Waals surface area contributed by atoms with Gasteiger partial charge in [0.25, 0.3) is 0 Å². The highest BCUT2D eigenvalue weighted by Crippen LogP contribution is 2.41. The third-order valence-corrected chi connectivity index (χ3v) is 4.95. The molecule has 2 rings (SSSR count). The maximum Gasteiger partial charge on any atom is 0.105 e. The Morgan fingerprint density at radius 1 is 1.11 bits per heavy atom. The maximum atomic E-state index is 4.93. The van der Waals surface area contributed by atoms with Crippen LogP contribution in [0.2, 0.25) is 5.82 Å².